The lowest BCUT2D eigenvalue weighted by Gasteiger charge is -2.33. The monoisotopic (exact) mass is 405 g/mol. The number of anilines is 1. The molecule has 1 aromatic carbocycles. The molecule has 2 atom stereocenters. The highest BCUT2D eigenvalue weighted by molar-refractivity contribution is 6.02. The number of amides is 2. The van der Waals surface area contributed by atoms with Crippen LogP contribution in [0.25, 0.3) is 16.6 Å². The molecule has 2 amide bonds. The molecule has 1 aliphatic rings. The Balaban J connectivity index is 1.82. The third kappa shape index (κ3) is 3.30. The highest BCUT2D eigenvalue weighted by atomic mass is 16.1. The molecule has 7 heteroatoms. The second-order valence-corrected chi connectivity index (χ2v) is 8.80. The van der Waals surface area contributed by atoms with Crippen molar-refractivity contribution < 1.29 is 9.59 Å². The van der Waals surface area contributed by atoms with E-state index in [9.17, 15) is 9.59 Å². The van der Waals surface area contributed by atoms with E-state index < -0.39 is 11.8 Å². The Kier molecular flexibility index (Phi) is 4.76. The molecule has 156 valence electrons. The van der Waals surface area contributed by atoms with E-state index in [0.29, 0.717) is 22.7 Å². The van der Waals surface area contributed by atoms with E-state index in [-0.39, 0.29) is 11.5 Å². The molecule has 4 rings (SSSR count). The zero-order valence-electron chi connectivity index (χ0n) is 17.5. The number of nitrogens with two attached hydrogens (primary N) is 2. The van der Waals surface area contributed by atoms with Gasteiger partial charge >= 0.3 is 0 Å². The Morgan fingerprint density at radius 2 is 1.90 bits per heavy atom. The zero-order valence-corrected chi connectivity index (χ0v) is 17.5. The van der Waals surface area contributed by atoms with Crippen LogP contribution in [-0.2, 0) is 0 Å². The summed E-state index contributed by atoms with van der Waals surface area (Å²) in [6.07, 6.45) is 5.53. The summed E-state index contributed by atoms with van der Waals surface area (Å²) in [5, 5.41) is 7.99. The lowest BCUT2D eigenvalue weighted by Crippen LogP contribution is -2.35. The number of nitrogens with one attached hydrogen (secondary N) is 1. The first-order valence-corrected chi connectivity index (χ1v) is 10.2. The smallest absolute Gasteiger partial charge is 0.252 e. The standard InChI is InChI=1S/C23H27N5O2/c1-13-7-8-19(23(13,2)3)27-20-17(22(25)30)11-26-28-12-16(10-18(20)28)14-5-4-6-15(9-14)21(24)29/h4-6,9-13,19,27H,7-8H2,1-3H3,(H2,24,29)(H2,25,30)/t13?,19-/m1/s1. The van der Waals surface area contributed by atoms with Gasteiger partial charge in [-0.05, 0) is 47.9 Å². The summed E-state index contributed by atoms with van der Waals surface area (Å²) in [7, 11) is 0. The zero-order chi connectivity index (χ0) is 21.6. The number of carbonyl (C=O) groups excluding carboxylic acids is 2. The highest BCUT2D eigenvalue weighted by Crippen LogP contribution is 2.44. The van der Waals surface area contributed by atoms with Crippen molar-refractivity contribution in [3.63, 3.8) is 0 Å². The third-order valence-electron chi connectivity index (χ3n) is 6.76. The molecule has 3 aromatic rings. The fourth-order valence-electron chi connectivity index (χ4n) is 4.34. The quantitative estimate of drug-likeness (QED) is 0.603. The molecule has 7 nitrogen and oxygen atoms in total. The molecule has 1 saturated carbocycles. The molecule has 0 radical (unpaired) electrons. The van der Waals surface area contributed by atoms with Crippen molar-refractivity contribution in [3.05, 3.63) is 53.9 Å². The number of hydrogen-bond acceptors (Lipinski definition) is 4. The van der Waals surface area contributed by atoms with E-state index in [2.05, 4.69) is 31.2 Å². The number of nitrogens with zero attached hydrogens (tertiary/aromatic N) is 2. The van der Waals surface area contributed by atoms with Crippen LogP contribution in [0.15, 0.2) is 42.7 Å². The molecule has 2 aromatic heterocycles. The van der Waals surface area contributed by atoms with Crippen LogP contribution < -0.4 is 16.8 Å². The van der Waals surface area contributed by atoms with Gasteiger partial charge in [0.25, 0.3) is 5.91 Å². The summed E-state index contributed by atoms with van der Waals surface area (Å²) in [4.78, 5) is 23.7. The van der Waals surface area contributed by atoms with Crippen molar-refractivity contribution in [2.24, 2.45) is 22.8 Å². The topological polar surface area (TPSA) is 116 Å². The molecule has 0 aliphatic heterocycles. The summed E-state index contributed by atoms with van der Waals surface area (Å²) in [6, 6.07) is 9.30. The van der Waals surface area contributed by atoms with Gasteiger partial charge in [-0.3, -0.25) is 9.59 Å². The van der Waals surface area contributed by atoms with Gasteiger partial charge in [0.1, 0.15) is 0 Å². The van der Waals surface area contributed by atoms with E-state index in [0.717, 1.165) is 29.5 Å². The molecule has 1 aliphatic carbocycles. The van der Waals surface area contributed by atoms with E-state index in [1.165, 1.54) is 6.20 Å². The maximum Gasteiger partial charge on any atom is 0.252 e. The summed E-state index contributed by atoms with van der Waals surface area (Å²) in [5.41, 5.74) is 15.2. The second-order valence-electron chi connectivity index (χ2n) is 8.80. The normalized spacial score (nSPS) is 20.4. The largest absolute Gasteiger partial charge is 0.379 e. The molecular formula is C23H27N5O2. The van der Waals surface area contributed by atoms with Crippen LogP contribution in [0, 0.1) is 11.3 Å². The first-order valence-electron chi connectivity index (χ1n) is 10.2. The number of rotatable bonds is 5. The van der Waals surface area contributed by atoms with Crippen LogP contribution >= 0.6 is 0 Å². The van der Waals surface area contributed by atoms with Gasteiger partial charge in [-0.25, -0.2) is 4.52 Å². The van der Waals surface area contributed by atoms with Gasteiger partial charge in [0, 0.05) is 23.4 Å². The number of benzene rings is 1. The van der Waals surface area contributed by atoms with Gasteiger partial charge in [0.2, 0.25) is 5.91 Å². The van der Waals surface area contributed by atoms with E-state index in [1.807, 2.05) is 18.3 Å². The van der Waals surface area contributed by atoms with E-state index in [4.69, 9.17) is 11.5 Å². The first kappa shape index (κ1) is 19.9. The SMILES string of the molecule is CC1CC[C@@H](Nc2c(C(N)=O)cnn3cc(-c4cccc(C(N)=O)c4)cc23)C1(C)C. The minimum Gasteiger partial charge on any atom is -0.379 e. The molecule has 0 saturated heterocycles. The van der Waals surface area contributed by atoms with Crippen molar-refractivity contribution in [1.29, 1.82) is 0 Å². The predicted octanol–water partition coefficient (Wildman–Crippen LogP) is 3.44. The number of primary amides is 2. The highest BCUT2D eigenvalue weighted by Gasteiger charge is 2.41. The molecule has 0 bridgehead atoms. The average Bonchev–Trinajstić information content (AvgIpc) is 3.24. The number of aromatic nitrogens is 2. The number of hydrogen-bond donors (Lipinski definition) is 3. The molecule has 1 fully saturated rings. The Morgan fingerprint density at radius 3 is 2.53 bits per heavy atom. The van der Waals surface area contributed by atoms with Crippen molar-refractivity contribution in [1.82, 2.24) is 9.61 Å². The Labute approximate surface area is 175 Å². The van der Waals surface area contributed by atoms with Gasteiger partial charge < -0.3 is 16.8 Å². The Morgan fingerprint density at radius 1 is 1.13 bits per heavy atom. The molecular weight excluding hydrogens is 378 g/mol. The minimum atomic E-state index is -0.519. The van der Waals surface area contributed by atoms with Crippen LogP contribution in [0.2, 0.25) is 0 Å². The van der Waals surface area contributed by atoms with Gasteiger partial charge in [-0.15, -0.1) is 0 Å². The van der Waals surface area contributed by atoms with Gasteiger partial charge in [0.05, 0.1) is 23.0 Å². The minimum absolute atomic E-state index is 0.0837. The summed E-state index contributed by atoms with van der Waals surface area (Å²) in [5.74, 6) is -0.423. The second kappa shape index (κ2) is 7.16. The van der Waals surface area contributed by atoms with E-state index in [1.54, 1.807) is 22.7 Å². The van der Waals surface area contributed by atoms with Crippen LogP contribution in [0.1, 0.15) is 54.3 Å². The van der Waals surface area contributed by atoms with E-state index >= 15 is 0 Å². The Hall–Kier alpha value is -3.35. The van der Waals surface area contributed by atoms with Crippen molar-refractivity contribution >= 4 is 23.0 Å². The predicted molar refractivity (Wildman–Crippen MR) is 117 cm³/mol. The third-order valence-corrected chi connectivity index (χ3v) is 6.76. The average molecular weight is 406 g/mol. The van der Waals surface area contributed by atoms with Gasteiger partial charge in [-0.2, -0.15) is 5.10 Å². The number of fused-ring (bicyclic) bond motifs is 1. The Bertz CT molecular complexity index is 1150. The maximum absolute atomic E-state index is 12.1. The van der Waals surface area contributed by atoms with Crippen LogP contribution in [0.4, 0.5) is 5.69 Å². The van der Waals surface area contributed by atoms with Gasteiger partial charge in [0.15, 0.2) is 0 Å². The molecule has 30 heavy (non-hydrogen) atoms. The molecule has 0 spiro atoms. The van der Waals surface area contributed by atoms with Crippen LogP contribution in [0.5, 0.6) is 0 Å². The van der Waals surface area contributed by atoms with Crippen molar-refractivity contribution in [2.45, 2.75) is 39.7 Å². The molecule has 5 N–H and O–H groups in total. The fraction of sp³-hybridized carbons (Fsp3) is 0.348. The first-order chi connectivity index (χ1) is 14.2. The van der Waals surface area contributed by atoms with Crippen LogP contribution in [-0.4, -0.2) is 27.5 Å². The van der Waals surface area contributed by atoms with Gasteiger partial charge in [-0.1, -0.05) is 32.9 Å². The molecule has 1 unspecified atom stereocenters. The summed E-state index contributed by atoms with van der Waals surface area (Å²) >= 11 is 0. The maximum atomic E-state index is 12.1. The lowest BCUT2D eigenvalue weighted by molar-refractivity contribution is 0.0992. The van der Waals surface area contributed by atoms with Crippen molar-refractivity contribution in [2.75, 3.05) is 5.32 Å². The van der Waals surface area contributed by atoms with Crippen LogP contribution in [0.3, 0.4) is 0 Å². The summed E-state index contributed by atoms with van der Waals surface area (Å²) in [6.45, 7) is 6.77. The molecule has 2 heterocycles. The number of carbonyl (C=O) groups is 2. The fourth-order valence-corrected chi connectivity index (χ4v) is 4.34. The summed E-state index contributed by atoms with van der Waals surface area (Å²) < 4.78 is 1.73. The van der Waals surface area contributed by atoms with Crippen molar-refractivity contribution in [3.8, 4) is 11.1 Å². The lowest BCUT2D eigenvalue weighted by atomic mass is 9.80.